The molecule has 5 rings (SSSR count). The van der Waals surface area contributed by atoms with E-state index in [0.29, 0.717) is 12.0 Å². The number of piperidine rings is 1. The van der Waals surface area contributed by atoms with Crippen molar-refractivity contribution >= 4 is 11.6 Å². The highest BCUT2D eigenvalue weighted by molar-refractivity contribution is 5.57. The fourth-order valence-corrected chi connectivity index (χ4v) is 4.12. The minimum atomic E-state index is -0.669. The molecule has 0 bridgehead atoms. The van der Waals surface area contributed by atoms with Gasteiger partial charge in [0.05, 0.1) is 24.9 Å². The second-order valence-electron chi connectivity index (χ2n) is 8.34. The van der Waals surface area contributed by atoms with Crippen molar-refractivity contribution in [2.45, 2.75) is 31.9 Å². The zero-order valence-electron chi connectivity index (χ0n) is 17.8. The summed E-state index contributed by atoms with van der Waals surface area (Å²) in [6.07, 6.45) is 3.57. The summed E-state index contributed by atoms with van der Waals surface area (Å²) in [5, 5.41) is 7.42. The number of ether oxygens (including phenoxy) is 2. The first-order valence-electron chi connectivity index (χ1n) is 10.8. The van der Waals surface area contributed by atoms with Crippen LogP contribution in [0.15, 0.2) is 42.7 Å². The summed E-state index contributed by atoms with van der Waals surface area (Å²) in [5.41, 5.74) is 2.09. The summed E-state index contributed by atoms with van der Waals surface area (Å²) >= 11 is 0. The van der Waals surface area contributed by atoms with E-state index in [9.17, 15) is 8.78 Å². The van der Waals surface area contributed by atoms with Gasteiger partial charge in [0.15, 0.2) is 0 Å². The van der Waals surface area contributed by atoms with Gasteiger partial charge in [-0.1, -0.05) is 0 Å². The third-order valence-corrected chi connectivity index (χ3v) is 5.83. The van der Waals surface area contributed by atoms with E-state index in [1.807, 2.05) is 25.1 Å². The van der Waals surface area contributed by atoms with Crippen molar-refractivity contribution < 1.29 is 18.3 Å². The number of nitrogens with zero attached hydrogens (tertiary/aromatic N) is 4. The van der Waals surface area contributed by atoms with Crippen LogP contribution in [0.25, 0.3) is 5.69 Å². The fraction of sp³-hybridized carbons (Fsp3) is 0.391. The van der Waals surface area contributed by atoms with Gasteiger partial charge in [0, 0.05) is 30.9 Å². The van der Waals surface area contributed by atoms with Crippen LogP contribution < -0.4 is 10.1 Å². The van der Waals surface area contributed by atoms with Gasteiger partial charge in [-0.3, -0.25) is 4.90 Å². The Morgan fingerprint density at radius 3 is 2.47 bits per heavy atom. The number of nitrogens with one attached hydrogen (secondary N) is 1. The molecule has 0 unspecified atom stereocenters. The smallest absolute Gasteiger partial charge is 0.246 e. The molecule has 0 amide bonds. The molecule has 0 atom stereocenters. The molecule has 32 heavy (non-hydrogen) atoms. The molecule has 0 saturated carbocycles. The number of hydrogen-bond donors (Lipinski definition) is 1. The number of rotatable bonds is 6. The third-order valence-electron chi connectivity index (χ3n) is 5.83. The maximum Gasteiger partial charge on any atom is 0.246 e. The molecule has 3 heterocycles. The second-order valence-corrected chi connectivity index (χ2v) is 8.34. The van der Waals surface area contributed by atoms with Gasteiger partial charge >= 0.3 is 0 Å². The molecule has 3 aromatic rings. The Kier molecular flexibility index (Phi) is 5.75. The Balaban J connectivity index is 1.24. The maximum absolute atomic E-state index is 13.5. The van der Waals surface area contributed by atoms with Crippen molar-refractivity contribution in [3.63, 3.8) is 0 Å². The highest BCUT2D eigenvalue weighted by Crippen LogP contribution is 2.27. The zero-order valence-corrected chi connectivity index (χ0v) is 17.8. The number of aromatic nitrogens is 3. The molecular formula is C23H25F2N5O2. The average molecular weight is 441 g/mol. The first kappa shape index (κ1) is 20.8. The summed E-state index contributed by atoms with van der Waals surface area (Å²) in [7, 11) is 0. The van der Waals surface area contributed by atoms with Crippen molar-refractivity contribution in [3.05, 3.63) is 59.9 Å². The predicted octanol–water partition coefficient (Wildman–Crippen LogP) is 3.84. The largest absolute Gasteiger partial charge is 0.490 e. The standard InChI is InChI=1S/C23H25F2N5O2/c1-15-6-18(27-23-26-14-30(28-23)19-9-16(24)8-17(25)10-19)11-22(7-15)32-21-2-4-29(5-3-21)20-12-31-13-20/h6-11,14,20-21H,2-5,12-13H2,1H3,(H,27,28). The van der Waals surface area contributed by atoms with Crippen LogP contribution in [0, 0.1) is 18.6 Å². The molecule has 168 valence electrons. The van der Waals surface area contributed by atoms with Crippen molar-refractivity contribution in [3.8, 4) is 11.4 Å². The monoisotopic (exact) mass is 441 g/mol. The summed E-state index contributed by atoms with van der Waals surface area (Å²) < 4.78 is 39.9. The van der Waals surface area contributed by atoms with E-state index in [1.54, 1.807) is 0 Å². The molecule has 0 radical (unpaired) electrons. The van der Waals surface area contributed by atoms with Crippen LogP contribution in [0.5, 0.6) is 5.75 Å². The summed E-state index contributed by atoms with van der Waals surface area (Å²) in [6.45, 7) is 5.74. The Hall–Kier alpha value is -3.04. The number of benzene rings is 2. The quantitative estimate of drug-likeness (QED) is 0.627. The summed E-state index contributed by atoms with van der Waals surface area (Å²) in [5.74, 6) is -0.221. The lowest BCUT2D eigenvalue weighted by Crippen LogP contribution is -2.52. The molecule has 2 aromatic carbocycles. The van der Waals surface area contributed by atoms with Gasteiger partial charge in [0.2, 0.25) is 5.95 Å². The van der Waals surface area contributed by atoms with Crippen LogP contribution in [-0.2, 0) is 4.74 Å². The van der Waals surface area contributed by atoms with E-state index >= 15 is 0 Å². The van der Waals surface area contributed by atoms with Crippen LogP contribution in [0.2, 0.25) is 0 Å². The van der Waals surface area contributed by atoms with Crippen LogP contribution in [-0.4, -0.2) is 58.1 Å². The van der Waals surface area contributed by atoms with Gasteiger partial charge in [0.25, 0.3) is 0 Å². The molecule has 2 fully saturated rings. The normalized spacial score (nSPS) is 17.8. The maximum atomic E-state index is 13.5. The van der Waals surface area contributed by atoms with Gasteiger partial charge < -0.3 is 14.8 Å². The van der Waals surface area contributed by atoms with Gasteiger partial charge in [-0.15, -0.1) is 5.10 Å². The zero-order chi connectivity index (χ0) is 22.1. The minimum Gasteiger partial charge on any atom is -0.490 e. The molecule has 2 aliphatic heterocycles. The van der Waals surface area contributed by atoms with Crippen LogP contribution in [0.3, 0.4) is 0 Å². The van der Waals surface area contributed by atoms with Crippen molar-refractivity contribution in [1.29, 1.82) is 0 Å². The Morgan fingerprint density at radius 2 is 1.78 bits per heavy atom. The number of likely N-dealkylation sites (tertiary alicyclic amines) is 1. The third kappa shape index (κ3) is 4.73. The Labute approximate surface area is 185 Å². The fourth-order valence-electron chi connectivity index (χ4n) is 4.12. The second kappa shape index (κ2) is 8.84. The van der Waals surface area contributed by atoms with E-state index in [2.05, 4.69) is 20.3 Å². The highest BCUT2D eigenvalue weighted by atomic mass is 19.1. The van der Waals surface area contributed by atoms with Crippen molar-refractivity contribution in [2.75, 3.05) is 31.6 Å². The Bertz CT molecular complexity index is 1070. The van der Waals surface area contributed by atoms with Crippen LogP contribution >= 0.6 is 0 Å². The molecule has 7 nitrogen and oxygen atoms in total. The SMILES string of the molecule is Cc1cc(Nc2ncn(-c3cc(F)cc(F)c3)n2)cc(OC2CCN(C3COC3)CC2)c1. The molecule has 9 heteroatoms. The summed E-state index contributed by atoms with van der Waals surface area (Å²) in [4.78, 5) is 6.69. The highest BCUT2D eigenvalue weighted by Gasteiger charge is 2.30. The summed E-state index contributed by atoms with van der Waals surface area (Å²) in [6, 6.07) is 9.68. The van der Waals surface area contributed by atoms with Crippen LogP contribution in [0.1, 0.15) is 18.4 Å². The lowest BCUT2D eigenvalue weighted by Gasteiger charge is -2.41. The Morgan fingerprint density at radius 1 is 1.03 bits per heavy atom. The van der Waals surface area contributed by atoms with E-state index in [-0.39, 0.29) is 11.8 Å². The van der Waals surface area contributed by atoms with Crippen molar-refractivity contribution in [1.82, 2.24) is 19.7 Å². The molecule has 1 N–H and O–H groups in total. The number of aryl methyl sites for hydroxylation is 1. The van der Waals surface area contributed by atoms with Gasteiger partial charge in [-0.2, -0.15) is 4.98 Å². The van der Waals surface area contributed by atoms with E-state index < -0.39 is 11.6 Å². The first-order valence-corrected chi connectivity index (χ1v) is 10.8. The average Bonchev–Trinajstić information content (AvgIpc) is 3.15. The number of halogens is 2. The number of anilines is 2. The molecule has 0 spiro atoms. The minimum absolute atomic E-state index is 0.183. The molecule has 2 saturated heterocycles. The van der Waals surface area contributed by atoms with Gasteiger partial charge in [-0.05, 0) is 49.6 Å². The molecule has 2 aliphatic rings. The molecule has 0 aliphatic carbocycles. The topological polar surface area (TPSA) is 64.4 Å². The lowest BCUT2D eigenvalue weighted by atomic mass is 10.0. The van der Waals surface area contributed by atoms with Crippen molar-refractivity contribution in [2.24, 2.45) is 0 Å². The molecular weight excluding hydrogens is 416 g/mol. The predicted molar refractivity (Wildman–Crippen MR) is 116 cm³/mol. The number of hydrogen-bond acceptors (Lipinski definition) is 6. The van der Waals surface area contributed by atoms with Gasteiger partial charge in [-0.25, -0.2) is 13.5 Å². The van der Waals surface area contributed by atoms with Crippen LogP contribution in [0.4, 0.5) is 20.4 Å². The van der Waals surface area contributed by atoms with E-state index in [4.69, 9.17) is 9.47 Å². The lowest BCUT2D eigenvalue weighted by molar-refractivity contribution is -0.0778. The molecule has 1 aromatic heterocycles. The first-order chi connectivity index (χ1) is 15.5. The van der Waals surface area contributed by atoms with E-state index in [1.165, 1.54) is 23.1 Å². The van der Waals surface area contributed by atoms with E-state index in [0.717, 1.165) is 62.2 Å². The van der Waals surface area contributed by atoms with Gasteiger partial charge in [0.1, 0.15) is 29.8 Å².